The predicted molar refractivity (Wildman–Crippen MR) is 145 cm³/mol. The Kier molecular flexibility index (Phi) is 7.17. The smallest absolute Gasteiger partial charge is 0.410 e. The second kappa shape index (κ2) is 10.1. The van der Waals surface area contributed by atoms with Crippen LogP contribution >= 0.6 is 11.3 Å². The highest BCUT2D eigenvalue weighted by Gasteiger charge is 2.21. The minimum atomic E-state index is -0.539. The summed E-state index contributed by atoms with van der Waals surface area (Å²) >= 11 is 1.69. The van der Waals surface area contributed by atoms with Gasteiger partial charge in [-0.2, -0.15) is 5.10 Å². The van der Waals surface area contributed by atoms with Crippen molar-refractivity contribution in [3.63, 3.8) is 0 Å². The van der Waals surface area contributed by atoms with Crippen molar-refractivity contribution < 1.29 is 14.6 Å². The zero-order valence-corrected chi connectivity index (χ0v) is 22.3. The summed E-state index contributed by atoms with van der Waals surface area (Å²) in [5, 5.41) is 23.9. The van der Waals surface area contributed by atoms with Crippen LogP contribution in [0.3, 0.4) is 0 Å². The van der Waals surface area contributed by atoms with Crippen LogP contribution in [0.5, 0.6) is 5.75 Å². The molecule has 0 radical (unpaired) electrons. The van der Waals surface area contributed by atoms with E-state index in [-0.39, 0.29) is 17.9 Å². The molecular weight excluding hydrogens is 472 g/mol. The van der Waals surface area contributed by atoms with E-state index in [9.17, 15) is 9.90 Å². The molecule has 1 atom stereocenters. The van der Waals surface area contributed by atoms with Crippen LogP contribution in [0.15, 0.2) is 54.6 Å². The Balaban J connectivity index is 1.55. The molecule has 2 aromatic heterocycles. The van der Waals surface area contributed by atoms with Crippen molar-refractivity contribution >= 4 is 34.0 Å². The maximum atomic E-state index is 12.5. The number of thiophene rings is 1. The van der Waals surface area contributed by atoms with Gasteiger partial charge >= 0.3 is 6.09 Å². The molecule has 36 heavy (non-hydrogen) atoms. The van der Waals surface area contributed by atoms with Gasteiger partial charge in [-0.25, -0.2) is 4.79 Å². The Morgan fingerprint density at radius 1 is 1.11 bits per heavy atom. The van der Waals surface area contributed by atoms with Crippen LogP contribution in [-0.2, 0) is 11.3 Å². The summed E-state index contributed by atoms with van der Waals surface area (Å²) < 4.78 is 5.51. The molecule has 4 rings (SSSR count). The van der Waals surface area contributed by atoms with Crippen molar-refractivity contribution in [2.24, 2.45) is 0 Å². The molecule has 0 spiro atoms. The fraction of sp³-hybridized carbons (Fsp3) is 0.321. The van der Waals surface area contributed by atoms with Crippen LogP contribution < -0.4 is 5.32 Å². The molecule has 1 amide bonds. The first-order chi connectivity index (χ1) is 17.0. The number of aromatic nitrogens is 2. The number of nitrogens with zero attached hydrogens (tertiary/aromatic N) is 3. The number of hydrogen-bond donors (Lipinski definition) is 2. The molecule has 2 heterocycles. The first-order valence-corrected chi connectivity index (χ1v) is 12.7. The summed E-state index contributed by atoms with van der Waals surface area (Å²) in [5.74, 6) is 0.824. The Hall–Kier alpha value is -3.65. The van der Waals surface area contributed by atoms with Gasteiger partial charge in [-0.15, -0.1) is 16.4 Å². The summed E-state index contributed by atoms with van der Waals surface area (Å²) in [5.41, 5.74) is 2.41. The van der Waals surface area contributed by atoms with Crippen LogP contribution in [-0.4, -0.2) is 38.9 Å². The number of benzene rings is 2. The Labute approximate surface area is 215 Å². The molecule has 7 nitrogen and oxygen atoms in total. The molecule has 0 aliphatic rings. The van der Waals surface area contributed by atoms with Gasteiger partial charge in [0.15, 0.2) is 5.82 Å². The average Bonchev–Trinajstić information content (AvgIpc) is 3.30. The van der Waals surface area contributed by atoms with Gasteiger partial charge in [0.05, 0.1) is 11.7 Å². The standard InChI is InChI=1S/C28H32N4O3S/c1-17-21-12-11-20(33)15-23(21)26(31-30-17)29-18(2)24-13-14-25(36-24)22-10-8-7-9-19(22)16-32(6)27(34)35-28(3,4)5/h7-15,18,33H,16H2,1-6H3,(H,29,31)/t18-/m1/s1. The van der Waals surface area contributed by atoms with E-state index in [0.29, 0.717) is 12.4 Å². The Morgan fingerprint density at radius 3 is 2.61 bits per heavy atom. The molecular formula is C28H32N4O3S. The number of aryl methyl sites for hydroxylation is 1. The van der Waals surface area contributed by atoms with Crippen LogP contribution in [0.25, 0.3) is 21.2 Å². The Bertz CT molecular complexity index is 1390. The summed E-state index contributed by atoms with van der Waals surface area (Å²) in [6, 6.07) is 17.5. The van der Waals surface area contributed by atoms with E-state index in [0.717, 1.165) is 37.3 Å². The number of nitrogens with one attached hydrogen (secondary N) is 1. The maximum Gasteiger partial charge on any atom is 0.410 e. The van der Waals surface area contributed by atoms with Crippen molar-refractivity contribution in [2.75, 3.05) is 12.4 Å². The molecule has 2 N–H and O–H groups in total. The lowest BCUT2D eigenvalue weighted by Crippen LogP contribution is -2.33. The third-order valence-electron chi connectivity index (χ3n) is 5.75. The highest BCUT2D eigenvalue weighted by Crippen LogP contribution is 2.36. The minimum Gasteiger partial charge on any atom is -0.508 e. The molecule has 0 fully saturated rings. The number of carbonyl (C=O) groups excluding carboxylic acids is 1. The lowest BCUT2D eigenvalue weighted by Gasteiger charge is -2.25. The lowest BCUT2D eigenvalue weighted by molar-refractivity contribution is 0.0285. The van der Waals surface area contributed by atoms with Gasteiger partial charge in [-0.1, -0.05) is 24.3 Å². The van der Waals surface area contributed by atoms with Gasteiger partial charge < -0.3 is 20.1 Å². The number of carbonyl (C=O) groups is 1. The van der Waals surface area contributed by atoms with Crippen molar-refractivity contribution in [3.05, 3.63) is 70.7 Å². The topological polar surface area (TPSA) is 87.6 Å². The quantitative estimate of drug-likeness (QED) is 0.297. The zero-order chi connectivity index (χ0) is 26.0. The largest absolute Gasteiger partial charge is 0.508 e. The molecule has 188 valence electrons. The molecule has 0 aliphatic heterocycles. The average molecular weight is 505 g/mol. The maximum absolute atomic E-state index is 12.5. The molecule has 2 aromatic carbocycles. The summed E-state index contributed by atoms with van der Waals surface area (Å²) in [4.78, 5) is 16.3. The number of aromatic hydroxyl groups is 1. The van der Waals surface area contributed by atoms with Gasteiger partial charge in [0.1, 0.15) is 11.4 Å². The lowest BCUT2D eigenvalue weighted by atomic mass is 10.1. The second-order valence-electron chi connectivity index (χ2n) is 9.93. The van der Waals surface area contributed by atoms with Crippen molar-refractivity contribution in [3.8, 4) is 16.2 Å². The van der Waals surface area contributed by atoms with Gasteiger partial charge in [0.25, 0.3) is 0 Å². The fourth-order valence-corrected chi connectivity index (χ4v) is 5.02. The van der Waals surface area contributed by atoms with Gasteiger partial charge in [0, 0.05) is 34.1 Å². The van der Waals surface area contributed by atoms with Crippen LogP contribution in [0.2, 0.25) is 0 Å². The van der Waals surface area contributed by atoms with E-state index in [4.69, 9.17) is 4.74 Å². The fourth-order valence-electron chi connectivity index (χ4n) is 3.95. The first kappa shape index (κ1) is 25.4. The summed E-state index contributed by atoms with van der Waals surface area (Å²) in [7, 11) is 1.75. The number of ether oxygens (including phenoxy) is 1. The van der Waals surface area contributed by atoms with E-state index in [1.165, 1.54) is 0 Å². The predicted octanol–water partition coefficient (Wildman–Crippen LogP) is 6.91. The third kappa shape index (κ3) is 5.76. The van der Waals surface area contributed by atoms with Crippen molar-refractivity contribution in [1.29, 1.82) is 0 Å². The van der Waals surface area contributed by atoms with E-state index >= 15 is 0 Å². The van der Waals surface area contributed by atoms with E-state index < -0.39 is 5.60 Å². The third-order valence-corrected chi connectivity index (χ3v) is 7.05. The number of hydrogen-bond acceptors (Lipinski definition) is 7. The summed E-state index contributed by atoms with van der Waals surface area (Å²) in [6.45, 7) is 10.0. The second-order valence-corrected chi connectivity index (χ2v) is 11.0. The molecule has 0 aliphatic carbocycles. The van der Waals surface area contributed by atoms with E-state index in [2.05, 4.69) is 40.6 Å². The molecule has 0 saturated heterocycles. The normalized spacial score (nSPS) is 12.4. The molecule has 0 saturated carbocycles. The monoisotopic (exact) mass is 504 g/mol. The van der Waals surface area contributed by atoms with Crippen molar-refractivity contribution in [1.82, 2.24) is 15.1 Å². The number of fused-ring (bicyclic) bond motifs is 1. The number of anilines is 1. The first-order valence-electron chi connectivity index (χ1n) is 11.9. The van der Waals surface area contributed by atoms with Crippen molar-refractivity contribution in [2.45, 2.75) is 52.8 Å². The Morgan fingerprint density at radius 2 is 1.86 bits per heavy atom. The molecule has 0 unspecified atom stereocenters. The minimum absolute atomic E-state index is 0.0251. The SMILES string of the molecule is Cc1nnc(N[C@H](C)c2ccc(-c3ccccc3CN(C)C(=O)OC(C)(C)C)s2)c2cc(O)ccc12. The highest BCUT2D eigenvalue weighted by molar-refractivity contribution is 7.15. The van der Waals surface area contributed by atoms with Gasteiger partial charge in [-0.05, 0) is 76.1 Å². The number of amides is 1. The number of rotatable bonds is 6. The number of phenols is 1. The molecule has 0 bridgehead atoms. The molecule has 4 aromatic rings. The van der Waals surface area contributed by atoms with Crippen LogP contribution in [0, 0.1) is 6.92 Å². The van der Waals surface area contributed by atoms with E-state index in [1.54, 1.807) is 35.4 Å². The van der Waals surface area contributed by atoms with Crippen LogP contribution in [0.4, 0.5) is 10.6 Å². The zero-order valence-electron chi connectivity index (χ0n) is 21.5. The van der Waals surface area contributed by atoms with Crippen LogP contribution in [0.1, 0.15) is 49.9 Å². The van der Waals surface area contributed by atoms with E-state index in [1.807, 2.05) is 52.0 Å². The van der Waals surface area contributed by atoms with Gasteiger partial charge in [0.2, 0.25) is 0 Å². The number of phenolic OH excluding ortho intramolecular Hbond substituents is 1. The van der Waals surface area contributed by atoms with Gasteiger partial charge in [-0.3, -0.25) is 0 Å². The highest BCUT2D eigenvalue weighted by atomic mass is 32.1. The molecule has 8 heteroatoms. The summed E-state index contributed by atoms with van der Waals surface area (Å²) in [6.07, 6.45) is -0.348.